The van der Waals surface area contributed by atoms with Crippen LogP contribution in [0, 0.1) is 5.92 Å². The van der Waals surface area contributed by atoms with Crippen molar-refractivity contribution in [2.24, 2.45) is 11.7 Å². The summed E-state index contributed by atoms with van der Waals surface area (Å²) in [4.78, 5) is 23.1. The van der Waals surface area contributed by atoms with Gasteiger partial charge >= 0.3 is 5.97 Å². The van der Waals surface area contributed by atoms with Crippen LogP contribution in [-0.4, -0.2) is 41.1 Å². The first kappa shape index (κ1) is 15.3. The highest BCUT2D eigenvalue weighted by atomic mass is 32.2. The van der Waals surface area contributed by atoms with E-state index in [2.05, 4.69) is 5.32 Å². The number of nitrogens with one attached hydrogen (secondary N) is 1. The van der Waals surface area contributed by atoms with E-state index in [4.69, 9.17) is 10.8 Å². The van der Waals surface area contributed by atoms with Gasteiger partial charge in [-0.1, -0.05) is 12.8 Å². The summed E-state index contributed by atoms with van der Waals surface area (Å²) < 4.78 is 0. The molecule has 0 spiro atoms. The molecule has 0 bridgehead atoms. The Labute approximate surface area is 112 Å². The van der Waals surface area contributed by atoms with Gasteiger partial charge in [-0.3, -0.25) is 4.79 Å². The maximum absolute atomic E-state index is 12.0. The maximum Gasteiger partial charge on any atom is 0.326 e. The van der Waals surface area contributed by atoms with Crippen molar-refractivity contribution >= 4 is 23.6 Å². The zero-order valence-corrected chi connectivity index (χ0v) is 11.5. The molecule has 3 atom stereocenters. The molecule has 1 amide bonds. The summed E-state index contributed by atoms with van der Waals surface area (Å²) in [6, 6.07) is -0.923. The summed E-state index contributed by atoms with van der Waals surface area (Å²) in [5, 5.41) is 11.7. The first-order valence-electron chi connectivity index (χ1n) is 6.34. The number of rotatable bonds is 6. The highest BCUT2D eigenvalue weighted by Gasteiger charge is 2.30. The minimum atomic E-state index is -0.971. The lowest BCUT2D eigenvalue weighted by molar-refractivity contribution is -0.142. The molecule has 0 aromatic carbocycles. The van der Waals surface area contributed by atoms with E-state index in [1.54, 1.807) is 11.8 Å². The van der Waals surface area contributed by atoms with Crippen molar-refractivity contribution in [3.8, 4) is 0 Å². The van der Waals surface area contributed by atoms with Crippen molar-refractivity contribution in [3.63, 3.8) is 0 Å². The van der Waals surface area contributed by atoms with Crippen molar-refractivity contribution < 1.29 is 14.7 Å². The third-order valence-electron chi connectivity index (χ3n) is 3.38. The molecule has 0 radical (unpaired) electrons. The fourth-order valence-electron chi connectivity index (χ4n) is 2.26. The van der Waals surface area contributed by atoms with Crippen molar-refractivity contribution in [1.29, 1.82) is 0 Å². The zero-order chi connectivity index (χ0) is 13.5. The average Bonchev–Trinajstić information content (AvgIpc) is 2.34. The second-order valence-corrected chi connectivity index (χ2v) is 5.72. The largest absolute Gasteiger partial charge is 0.480 e. The number of carboxylic acids is 1. The number of carbonyl (C=O) groups excluding carboxylic acids is 1. The summed E-state index contributed by atoms with van der Waals surface area (Å²) >= 11 is 1.57. The van der Waals surface area contributed by atoms with Gasteiger partial charge in [0, 0.05) is 6.04 Å². The van der Waals surface area contributed by atoms with Crippen LogP contribution in [0.5, 0.6) is 0 Å². The summed E-state index contributed by atoms with van der Waals surface area (Å²) in [6.45, 7) is 0. The second kappa shape index (κ2) is 7.63. The fraction of sp³-hybridized carbons (Fsp3) is 0.833. The Morgan fingerprint density at radius 3 is 2.67 bits per heavy atom. The Morgan fingerprint density at radius 2 is 2.11 bits per heavy atom. The van der Waals surface area contributed by atoms with E-state index in [1.165, 1.54) is 0 Å². The van der Waals surface area contributed by atoms with Crippen molar-refractivity contribution in [2.45, 2.75) is 44.2 Å². The molecule has 0 aliphatic heterocycles. The first-order chi connectivity index (χ1) is 8.56. The third kappa shape index (κ3) is 4.49. The SMILES string of the molecule is CSCCC(NC(=O)C1CCCCC1N)C(=O)O. The standard InChI is InChI=1S/C12H22N2O3S/c1-18-7-6-10(12(16)17)14-11(15)8-4-2-3-5-9(8)13/h8-10H,2-7,13H2,1H3,(H,14,15)(H,16,17). The molecule has 0 saturated heterocycles. The molecule has 1 aliphatic carbocycles. The number of carbonyl (C=O) groups is 2. The summed E-state index contributed by atoms with van der Waals surface area (Å²) in [6.07, 6.45) is 6.03. The lowest BCUT2D eigenvalue weighted by atomic mass is 9.84. The number of nitrogens with two attached hydrogens (primary N) is 1. The fourth-order valence-corrected chi connectivity index (χ4v) is 2.73. The molecule has 1 rings (SSSR count). The second-order valence-electron chi connectivity index (χ2n) is 4.74. The molecule has 5 nitrogen and oxygen atoms in total. The van der Waals surface area contributed by atoms with Gasteiger partial charge < -0.3 is 16.2 Å². The van der Waals surface area contributed by atoms with Crippen LogP contribution in [0.1, 0.15) is 32.1 Å². The van der Waals surface area contributed by atoms with Crippen LogP contribution in [0.15, 0.2) is 0 Å². The van der Waals surface area contributed by atoms with Crippen LogP contribution in [0.3, 0.4) is 0 Å². The number of aliphatic carboxylic acids is 1. The van der Waals surface area contributed by atoms with E-state index in [0.29, 0.717) is 12.2 Å². The Hall–Kier alpha value is -0.750. The Balaban J connectivity index is 2.51. The number of amides is 1. The smallest absolute Gasteiger partial charge is 0.326 e. The minimum Gasteiger partial charge on any atom is -0.480 e. The summed E-state index contributed by atoms with van der Waals surface area (Å²) in [7, 11) is 0. The number of hydrogen-bond donors (Lipinski definition) is 3. The predicted molar refractivity (Wildman–Crippen MR) is 72.5 cm³/mol. The van der Waals surface area contributed by atoms with Crippen LogP contribution in [-0.2, 0) is 9.59 Å². The van der Waals surface area contributed by atoms with E-state index in [0.717, 1.165) is 25.7 Å². The zero-order valence-electron chi connectivity index (χ0n) is 10.7. The number of hydrogen-bond acceptors (Lipinski definition) is 4. The van der Waals surface area contributed by atoms with Crippen LogP contribution in [0.2, 0.25) is 0 Å². The maximum atomic E-state index is 12.0. The Kier molecular flexibility index (Phi) is 6.49. The van der Waals surface area contributed by atoms with Gasteiger partial charge in [-0.2, -0.15) is 11.8 Å². The van der Waals surface area contributed by atoms with Gasteiger partial charge in [-0.05, 0) is 31.3 Å². The van der Waals surface area contributed by atoms with E-state index >= 15 is 0 Å². The van der Waals surface area contributed by atoms with E-state index in [9.17, 15) is 9.59 Å². The van der Waals surface area contributed by atoms with Gasteiger partial charge in [0.25, 0.3) is 0 Å². The van der Waals surface area contributed by atoms with Gasteiger partial charge in [0.2, 0.25) is 5.91 Å². The molecular weight excluding hydrogens is 252 g/mol. The van der Waals surface area contributed by atoms with E-state index < -0.39 is 12.0 Å². The highest BCUT2D eigenvalue weighted by Crippen LogP contribution is 2.23. The topological polar surface area (TPSA) is 92.4 Å². The minimum absolute atomic E-state index is 0.131. The first-order valence-corrected chi connectivity index (χ1v) is 7.73. The number of carboxylic acid groups (broad SMARTS) is 1. The highest BCUT2D eigenvalue weighted by molar-refractivity contribution is 7.98. The van der Waals surface area contributed by atoms with Gasteiger partial charge in [-0.15, -0.1) is 0 Å². The monoisotopic (exact) mass is 274 g/mol. The van der Waals surface area contributed by atoms with Crippen LogP contribution < -0.4 is 11.1 Å². The van der Waals surface area contributed by atoms with Gasteiger partial charge in [0.15, 0.2) is 0 Å². The van der Waals surface area contributed by atoms with Crippen molar-refractivity contribution in [3.05, 3.63) is 0 Å². The molecule has 1 saturated carbocycles. The Morgan fingerprint density at radius 1 is 1.44 bits per heavy atom. The normalized spacial score (nSPS) is 25.4. The molecule has 1 fully saturated rings. The lowest BCUT2D eigenvalue weighted by Gasteiger charge is -2.28. The van der Waals surface area contributed by atoms with Crippen LogP contribution in [0.4, 0.5) is 0 Å². The average molecular weight is 274 g/mol. The molecule has 0 aromatic heterocycles. The van der Waals surface area contributed by atoms with Crippen molar-refractivity contribution in [1.82, 2.24) is 5.32 Å². The molecular formula is C12H22N2O3S. The molecule has 104 valence electrons. The molecule has 6 heteroatoms. The molecule has 18 heavy (non-hydrogen) atoms. The molecule has 3 unspecified atom stereocenters. The lowest BCUT2D eigenvalue weighted by Crippen LogP contribution is -2.49. The van der Waals surface area contributed by atoms with Gasteiger partial charge in [0.1, 0.15) is 6.04 Å². The molecule has 0 aromatic rings. The number of thioether (sulfide) groups is 1. The van der Waals surface area contributed by atoms with E-state index in [1.807, 2.05) is 6.26 Å². The Bertz CT molecular complexity index is 299. The molecule has 0 heterocycles. The summed E-state index contributed by atoms with van der Waals surface area (Å²) in [5.74, 6) is -0.680. The van der Waals surface area contributed by atoms with E-state index in [-0.39, 0.29) is 17.9 Å². The predicted octanol–water partition coefficient (Wildman–Crippen LogP) is 0.826. The van der Waals surface area contributed by atoms with Crippen LogP contribution in [0.25, 0.3) is 0 Å². The third-order valence-corrected chi connectivity index (χ3v) is 4.03. The molecule has 4 N–H and O–H groups in total. The summed E-state index contributed by atoms with van der Waals surface area (Å²) in [5.41, 5.74) is 5.92. The molecule has 1 aliphatic rings. The van der Waals surface area contributed by atoms with Crippen molar-refractivity contribution in [2.75, 3.05) is 12.0 Å². The van der Waals surface area contributed by atoms with Gasteiger partial charge in [-0.25, -0.2) is 4.79 Å². The van der Waals surface area contributed by atoms with Crippen LogP contribution >= 0.6 is 11.8 Å². The quantitative estimate of drug-likeness (QED) is 0.667. The van der Waals surface area contributed by atoms with Gasteiger partial charge in [0.05, 0.1) is 5.92 Å².